The molecule has 1 fully saturated rings. The van der Waals surface area contributed by atoms with E-state index in [2.05, 4.69) is 26.1 Å². The molecule has 1 amide bonds. The summed E-state index contributed by atoms with van der Waals surface area (Å²) >= 11 is 0. The Kier molecular flexibility index (Phi) is 3.58. The van der Waals surface area contributed by atoms with Crippen molar-refractivity contribution in [3.63, 3.8) is 0 Å². The minimum absolute atomic E-state index is 0.0360. The third-order valence-electron chi connectivity index (χ3n) is 2.43. The molecule has 1 atom stereocenters. The van der Waals surface area contributed by atoms with Crippen LogP contribution in [0.15, 0.2) is 4.42 Å². The van der Waals surface area contributed by atoms with Gasteiger partial charge in [-0.2, -0.15) is 0 Å². The molecule has 0 radical (unpaired) electrons. The number of rotatable bonds is 5. The van der Waals surface area contributed by atoms with Crippen molar-refractivity contribution < 1.29 is 9.21 Å². The average molecular weight is 239 g/mol. The first-order valence-electron chi connectivity index (χ1n) is 5.72. The molecule has 0 aliphatic carbocycles. The highest BCUT2D eigenvalue weighted by atomic mass is 16.4. The van der Waals surface area contributed by atoms with Gasteiger partial charge < -0.3 is 20.4 Å². The van der Waals surface area contributed by atoms with Crippen LogP contribution in [0.2, 0.25) is 0 Å². The third-order valence-corrected chi connectivity index (χ3v) is 2.43. The van der Waals surface area contributed by atoms with Crippen LogP contribution in [-0.4, -0.2) is 34.7 Å². The molecule has 94 valence electrons. The zero-order valence-corrected chi connectivity index (χ0v) is 9.99. The van der Waals surface area contributed by atoms with Crippen LogP contribution in [-0.2, 0) is 11.3 Å². The van der Waals surface area contributed by atoms with E-state index in [4.69, 9.17) is 4.42 Å². The lowest BCUT2D eigenvalue weighted by Gasteiger charge is -2.06. The Morgan fingerprint density at radius 3 is 3.00 bits per heavy atom. The van der Waals surface area contributed by atoms with Crippen LogP contribution in [0.25, 0.3) is 0 Å². The number of carbonyl (C=O) groups excluding carboxylic acids is 1. The number of hydrogen-bond donors (Lipinski definition) is 3. The maximum absolute atomic E-state index is 11.0. The van der Waals surface area contributed by atoms with Crippen LogP contribution in [0.4, 0.5) is 6.01 Å². The lowest BCUT2D eigenvalue weighted by atomic mass is 10.3. The zero-order chi connectivity index (χ0) is 12.3. The first-order chi connectivity index (χ1) is 8.13. The Balaban J connectivity index is 1.83. The molecule has 2 heterocycles. The van der Waals surface area contributed by atoms with Crippen LogP contribution >= 0.6 is 0 Å². The highest BCUT2D eigenvalue weighted by molar-refractivity contribution is 5.79. The van der Waals surface area contributed by atoms with Gasteiger partial charge in [0.25, 0.3) is 0 Å². The van der Waals surface area contributed by atoms with Gasteiger partial charge in [-0.3, -0.25) is 4.79 Å². The lowest BCUT2D eigenvalue weighted by molar-refractivity contribution is -0.119. The first kappa shape index (κ1) is 11.8. The number of aromatic nitrogens is 2. The standard InChI is InChI=1S/C10H17N5O2/c1-6(2)11-5-9-14-15-10(17-9)13-7-3-8(16)12-4-7/h6-7,11H,3-5H2,1-2H3,(H,12,16)(H,13,15). The van der Waals surface area contributed by atoms with Crippen molar-refractivity contribution >= 4 is 11.9 Å². The van der Waals surface area contributed by atoms with Crippen molar-refractivity contribution in [3.05, 3.63) is 5.89 Å². The molecule has 2 rings (SSSR count). The van der Waals surface area contributed by atoms with E-state index in [1.165, 1.54) is 0 Å². The zero-order valence-electron chi connectivity index (χ0n) is 9.99. The van der Waals surface area contributed by atoms with Gasteiger partial charge in [-0.25, -0.2) is 0 Å². The van der Waals surface area contributed by atoms with Gasteiger partial charge in [0, 0.05) is 19.0 Å². The summed E-state index contributed by atoms with van der Waals surface area (Å²) < 4.78 is 5.40. The molecular formula is C10H17N5O2. The molecule has 1 aromatic rings. The predicted molar refractivity (Wildman–Crippen MR) is 61.3 cm³/mol. The Morgan fingerprint density at radius 1 is 1.53 bits per heavy atom. The fraction of sp³-hybridized carbons (Fsp3) is 0.700. The SMILES string of the molecule is CC(C)NCc1nnc(NC2CNC(=O)C2)o1. The van der Waals surface area contributed by atoms with E-state index >= 15 is 0 Å². The van der Waals surface area contributed by atoms with Gasteiger partial charge in [-0.05, 0) is 0 Å². The first-order valence-corrected chi connectivity index (χ1v) is 5.72. The van der Waals surface area contributed by atoms with E-state index in [-0.39, 0.29) is 11.9 Å². The maximum Gasteiger partial charge on any atom is 0.315 e. The molecule has 1 aromatic heterocycles. The molecule has 0 spiro atoms. The van der Waals surface area contributed by atoms with Gasteiger partial charge in [-0.1, -0.05) is 18.9 Å². The molecular weight excluding hydrogens is 222 g/mol. The summed E-state index contributed by atoms with van der Waals surface area (Å²) in [5.74, 6) is 0.585. The smallest absolute Gasteiger partial charge is 0.315 e. The van der Waals surface area contributed by atoms with Crippen LogP contribution in [0, 0.1) is 0 Å². The molecule has 0 aromatic carbocycles. The number of anilines is 1. The summed E-state index contributed by atoms with van der Waals surface area (Å²) in [6, 6.07) is 0.774. The molecule has 0 saturated carbocycles. The Morgan fingerprint density at radius 2 is 2.35 bits per heavy atom. The number of carbonyl (C=O) groups is 1. The highest BCUT2D eigenvalue weighted by Crippen LogP contribution is 2.10. The molecule has 1 saturated heterocycles. The van der Waals surface area contributed by atoms with Crippen molar-refractivity contribution in [1.82, 2.24) is 20.8 Å². The molecule has 17 heavy (non-hydrogen) atoms. The summed E-state index contributed by atoms with van der Waals surface area (Å²) in [7, 11) is 0. The second-order valence-corrected chi connectivity index (χ2v) is 4.39. The van der Waals surface area contributed by atoms with Crippen molar-refractivity contribution in [2.24, 2.45) is 0 Å². The molecule has 1 unspecified atom stereocenters. The molecule has 0 bridgehead atoms. The second kappa shape index (κ2) is 5.13. The Bertz CT molecular complexity index is 390. The van der Waals surface area contributed by atoms with Crippen LogP contribution in [0.1, 0.15) is 26.2 Å². The largest absolute Gasteiger partial charge is 0.407 e. The normalized spacial score (nSPS) is 19.7. The van der Waals surface area contributed by atoms with E-state index < -0.39 is 0 Å². The third kappa shape index (κ3) is 3.42. The van der Waals surface area contributed by atoms with Gasteiger partial charge in [-0.15, -0.1) is 5.10 Å². The van der Waals surface area contributed by atoms with E-state index in [9.17, 15) is 4.79 Å². The van der Waals surface area contributed by atoms with Gasteiger partial charge >= 0.3 is 6.01 Å². The van der Waals surface area contributed by atoms with Crippen molar-refractivity contribution in [2.75, 3.05) is 11.9 Å². The number of hydrogen-bond acceptors (Lipinski definition) is 6. The van der Waals surface area contributed by atoms with E-state index in [1.54, 1.807) is 0 Å². The molecule has 1 aliphatic heterocycles. The van der Waals surface area contributed by atoms with Gasteiger partial charge in [0.1, 0.15) is 0 Å². The number of nitrogens with one attached hydrogen (secondary N) is 3. The minimum Gasteiger partial charge on any atom is -0.407 e. The van der Waals surface area contributed by atoms with Gasteiger partial charge in [0.2, 0.25) is 11.8 Å². The van der Waals surface area contributed by atoms with Crippen molar-refractivity contribution in [1.29, 1.82) is 0 Å². The Labute approximate surface area is 99.4 Å². The highest BCUT2D eigenvalue weighted by Gasteiger charge is 2.22. The summed E-state index contributed by atoms with van der Waals surface area (Å²) in [4.78, 5) is 11.0. The average Bonchev–Trinajstić information content (AvgIpc) is 2.86. The Hall–Kier alpha value is -1.63. The fourth-order valence-electron chi connectivity index (χ4n) is 1.56. The van der Waals surface area contributed by atoms with E-state index in [0.717, 1.165) is 0 Å². The van der Waals surface area contributed by atoms with Crippen LogP contribution < -0.4 is 16.0 Å². The minimum atomic E-state index is 0.0360. The quantitative estimate of drug-likeness (QED) is 0.663. The molecule has 7 heteroatoms. The predicted octanol–water partition coefficient (Wildman–Crippen LogP) is -0.132. The van der Waals surface area contributed by atoms with E-state index in [0.29, 0.717) is 37.5 Å². The van der Waals surface area contributed by atoms with E-state index in [1.807, 2.05) is 13.8 Å². The second-order valence-electron chi connectivity index (χ2n) is 4.39. The number of nitrogens with zero attached hydrogens (tertiary/aromatic N) is 2. The number of amides is 1. The van der Waals surface area contributed by atoms with Gasteiger partial charge in [0.15, 0.2) is 0 Å². The molecule has 7 nitrogen and oxygen atoms in total. The monoisotopic (exact) mass is 239 g/mol. The van der Waals surface area contributed by atoms with Crippen LogP contribution in [0.5, 0.6) is 0 Å². The van der Waals surface area contributed by atoms with Crippen molar-refractivity contribution in [3.8, 4) is 0 Å². The summed E-state index contributed by atoms with van der Waals surface area (Å²) in [5.41, 5.74) is 0. The summed E-state index contributed by atoms with van der Waals surface area (Å²) in [6.45, 7) is 5.24. The summed E-state index contributed by atoms with van der Waals surface area (Å²) in [6.07, 6.45) is 0.446. The maximum atomic E-state index is 11.0. The molecule has 3 N–H and O–H groups in total. The van der Waals surface area contributed by atoms with Gasteiger partial charge in [0.05, 0.1) is 12.6 Å². The van der Waals surface area contributed by atoms with Crippen molar-refractivity contribution in [2.45, 2.75) is 38.9 Å². The lowest BCUT2D eigenvalue weighted by Crippen LogP contribution is -2.22. The molecule has 1 aliphatic rings. The fourth-order valence-corrected chi connectivity index (χ4v) is 1.56. The topological polar surface area (TPSA) is 92.1 Å². The summed E-state index contributed by atoms with van der Waals surface area (Å²) in [5, 5.41) is 16.7. The van der Waals surface area contributed by atoms with Crippen LogP contribution in [0.3, 0.4) is 0 Å².